The maximum Gasteiger partial charge on any atom is 0.325 e. The summed E-state index contributed by atoms with van der Waals surface area (Å²) in [6, 6.07) is 3.34. The van der Waals surface area contributed by atoms with Crippen molar-refractivity contribution in [3.8, 4) is 12.1 Å². The molecule has 0 aromatic carbocycles. The zero-order valence-corrected chi connectivity index (χ0v) is 16.3. The third-order valence-electron chi connectivity index (χ3n) is 5.19. The van der Waals surface area contributed by atoms with Gasteiger partial charge in [-0.1, -0.05) is 19.3 Å². The van der Waals surface area contributed by atoms with E-state index in [0.717, 1.165) is 24.2 Å². The fraction of sp³-hybridized carbons (Fsp3) is 0.684. The highest BCUT2D eigenvalue weighted by Crippen LogP contribution is 2.33. The van der Waals surface area contributed by atoms with Gasteiger partial charge in [0.2, 0.25) is 0 Å². The van der Waals surface area contributed by atoms with Crippen LogP contribution in [0.4, 0.5) is 4.79 Å². The molecular weight excluding hydrogens is 378 g/mol. The normalized spacial score (nSPS) is 17.4. The van der Waals surface area contributed by atoms with Gasteiger partial charge in [-0.3, -0.25) is 19.3 Å². The van der Waals surface area contributed by atoms with E-state index in [4.69, 9.17) is 15.3 Å². The lowest BCUT2D eigenvalue weighted by atomic mass is 9.82. The van der Waals surface area contributed by atoms with Gasteiger partial charge in [-0.2, -0.15) is 10.5 Å². The van der Waals surface area contributed by atoms with Gasteiger partial charge in [0.05, 0.1) is 31.4 Å². The molecule has 1 saturated heterocycles. The Labute approximate surface area is 169 Å². The number of esters is 1. The number of carbonyl (C=O) groups is 4. The largest absolute Gasteiger partial charge is 0.456 e. The molecule has 2 aliphatic rings. The summed E-state index contributed by atoms with van der Waals surface area (Å²) in [5.74, 6) is -1.51. The number of nitrogens with zero attached hydrogens (tertiary/aromatic N) is 4. The van der Waals surface area contributed by atoms with Crippen molar-refractivity contribution in [3.63, 3.8) is 0 Å². The standard InChI is InChI=1S/C19H25N5O5/c20-9-4-11-23(12-5-10-21)15(25)14-29-16(26)6-13-24-17(27)19(22-18(24)28)7-2-1-3-8-19/h1-8,11-14H2,(H,22,28). The van der Waals surface area contributed by atoms with Crippen LogP contribution in [-0.4, -0.2) is 65.4 Å². The van der Waals surface area contributed by atoms with Gasteiger partial charge in [-0.05, 0) is 12.8 Å². The number of urea groups is 1. The number of rotatable bonds is 9. The maximum absolute atomic E-state index is 12.6. The predicted octanol–water partition coefficient (Wildman–Crippen LogP) is 0.830. The molecule has 0 radical (unpaired) electrons. The third kappa shape index (κ3) is 5.67. The van der Waals surface area contributed by atoms with Crippen LogP contribution in [0.1, 0.15) is 51.4 Å². The molecule has 156 valence electrons. The molecule has 0 atom stereocenters. The van der Waals surface area contributed by atoms with E-state index < -0.39 is 30.1 Å². The number of hydrogen-bond acceptors (Lipinski definition) is 7. The minimum absolute atomic E-state index is 0.105. The van der Waals surface area contributed by atoms with Crippen LogP contribution >= 0.6 is 0 Å². The average Bonchev–Trinajstić information content (AvgIpc) is 2.94. The Kier molecular flexibility index (Phi) is 7.96. The van der Waals surface area contributed by atoms with Crippen LogP contribution in [0.15, 0.2) is 0 Å². The minimum atomic E-state index is -0.836. The minimum Gasteiger partial charge on any atom is -0.456 e. The van der Waals surface area contributed by atoms with Crippen LogP contribution in [0.3, 0.4) is 0 Å². The summed E-state index contributed by atoms with van der Waals surface area (Å²) in [5.41, 5.74) is -0.836. The SMILES string of the molecule is N#CCCN(CCC#N)C(=O)COC(=O)CCN1C(=O)NC2(CCCCC2)C1=O. The highest BCUT2D eigenvalue weighted by molar-refractivity contribution is 6.07. The molecule has 1 spiro atoms. The summed E-state index contributed by atoms with van der Waals surface area (Å²) in [4.78, 5) is 51.2. The van der Waals surface area contributed by atoms with E-state index in [2.05, 4.69) is 5.32 Å². The average molecular weight is 403 g/mol. The zero-order valence-electron chi connectivity index (χ0n) is 16.3. The van der Waals surface area contributed by atoms with E-state index >= 15 is 0 Å². The Bertz CT molecular complexity index is 714. The van der Waals surface area contributed by atoms with Crippen molar-refractivity contribution in [2.45, 2.75) is 56.9 Å². The Hall–Kier alpha value is -3.14. The van der Waals surface area contributed by atoms with E-state index in [1.165, 1.54) is 4.90 Å². The monoisotopic (exact) mass is 403 g/mol. The van der Waals surface area contributed by atoms with Crippen LogP contribution in [0, 0.1) is 22.7 Å². The van der Waals surface area contributed by atoms with Crippen molar-refractivity contribution in [1.29, 1.82) is 10.5 Å². The Morgan fingerprint density at radius 1 is 1.10 bits per heavy atom. The molecule has 29 heavy (non-hydrogen) atoms. The quantitative estimate of drug-likeness (QED) is 0.443. The van der Waals surface area contributed by atoms with Crippen LogP contribution in [-0.2, 0) is 19.1 Å². The Morgan fingerprint density at radius 3 is 2.31 bits per heavy atom. The Balaban J connectivity index is 1.79. The molecule has 10 heteroatoms. The first-order chi connectivity index (χ1) is 13.9. The predicted molar refractivity (Wildman–Crippen MR) is 98.7 cm³/mol. The molecular formula is C19H25N5O5. The molecule has 1 heterocycles. The molecule has 0 bridgehead atoms. The fourth-order valence-electron chi connectivity index (χ4n) is 3.61. The summed E-state index contributed by atoms with van der Waals surface area (Å²) >= 11 is 0. The van der Waals surface area contributed by atoms with Crippen LogP contribution < -0.4 is 5.32 Å². The first-order valence-electron chi connectivity index (χ1n) is 9.75. The second-order valence-electron chi connectivity index (χ2n) is 7.14. The van der Waals surface area contributed by atoms with E-state index in [1.54, 1.807) is 0 Å². The van der Waals surface area contributed by atoms with Crippen molar-refractivity contribution in [2.24, 2.45) is 0 Å². The highest BCUT2D eigenvalue weighted by Gasteiger charge is 2.51. The second-order valence-corrected chi connectivity index (χ2v) is 7.14. The van der Waals surface area contributed by atoms with Crippen LogP contribution in [0.25, 0.3) is 0 Å². The summed E-state index contributed by atoms with van der Waals surface area (Å²) in [5, 5.41) is 20.1. The molecule has 2 rings (SSSR count). The van der Waals surface area contributed by atoms with Gasteiger partial charge < -0.3 is 15.0 Å². The van der Waals surface area contributed by atoms with Gasteiger partial charge in [-0.25, -0.2) is 4.79 Å². The topological polar surface area (TPSA) is 144 Å². The molecule has 0 aromatic rings. The number of ether oxygens (including phenoxy) is 1. The molecule has 1 aliphatic carbocycles. The number of nitriles is 2. The van der Waals surface area contributed by atoms with Crippen molar-refractivity contribution in [3.05, 3.63) is 0 Å². The van der Waals surface area contributed by atoms with E-state index in [1.807, 2.05) is 12.1 Å². The highest BCUT2D eigenvalue weighted by atomic mass is 16.5. The maximum atomic E-state index is 12.6. The number of amides is 4. The molecule has 0 aromatic heterocycles. The lowest BCUT2D eigenvalue weighted by Crippen LogP contribution is -2.48. The molecule has 4 amide bonds. The van der Waals surface area contributed by atoms with Crippen molar-refractivity contribution in [2.75, 3.05) is 26.2 Å². The molecule has 10 nitrogen and oxygen atoms in total. The summed E-state index contributed by atoms with van der Waals surface area (Å²) in [6.07, 6.45) is 4.00. The van der Waals surface area contributed by atoms with Gasteiger partial charge in [0, 0.05) is 19.6 Å². The molecule has 0 unspecified atom stereocenters. The first kappa shape index (κ1) is 22.2. The van der Waals surface area contributed by atoms with Crippen LogP contribution in [0.2, 0.25) is 0 Å². The number of carbonyl (C=O) groups excluding carboxylic acids is 4. The summed E-state index contributed by atoms with van der Waals surface area (Å²) < 4.78 is 4.95. The lowest BCUT2D eigenvalue weighted by molar-refractivity contribution is -0.152. The third-order valence-corrected chi connectivity index (χ3v) is 5.19. The zero-order chi connectivity index (χ0) is 21.3. The van der Waals surface area contributed by atoms with Crippen LogP contribution in [0.5, 0.6) is 0 Å². The van der Waals surface area contributed by atoms with Gasteiger partial charge in [0.15, 0.2) is 6.61 Å². The van der Waals surface area contributed by atoms with Gasteiger partial charge in [-0.15, -0.1) is 0 Å². The van der Waals surface area contributed by atoms with Gasteiger partial charge in [0.1, 0.15) is 5.54 Å². The summed E-state index contributed by atoms with van der Waals surface area (Å²) in [7, 11) is 0. The van der Waals surface area contributed by atoms with Crippen molar-refractivity contribution < 1.29 is 23.9 Å². The fourth-order valence-corrected chi connectivity index (χ4v) is 3.61. The van der Waals surface area contributed by atoms with E-state index in [0.29, 0.717) is 12.8 Å². The summed E-state index contributed by atoms with van der Waals surface area (Å²) in [6.45, 7) is -0.315. The number of nitrogens with one attached hydrogen (secondary N) is 1. The van der Waals surface area contributed by atoms with E-state index in [-0.39, 0.29) is 44.8 Å². The van der Waals surface area contributed by atoms with E-state index in [9.17, 15) is 19.2 Å². The van der Waals surface area contributed by atoms with Gasteiger partial charge in [0.25, 0.3) is 11.8 Å². The molecule has 1 N–H and O–H groups in total. The number of imide groups is 1. The lowest BCUT2D eigenvalue weighted by Gasteiger charge is -2.30. The molecule has 1 aliphatic heterocycles. The Morgan fingerprint density at radius 2 is 1.72 bits per heavy atom. The van der Waals surface area contributed by atoms with Crippen molar-refractivity contribution >= 4 is 23.8 Å². The van der Waals surface area contributed by atoms with Crippen molar-refractivity contribution in [1.82, 2.24) is 15.1 Å². The smallest absolute Gasteiger partial charge is 0.325 e. The molecule has 1 saturated carbocycles. The second kappa shape index (κ2) is 10.4. The molecule has 2 fully saturated rings. The number of hydrogen-bond donors (Lipinski definition) is 1. The van der Waals surface area contributed by atoms with Gasteiger partial charge >= 0.3 is 12.0 Å². The first-order valence-corrected chi connectivity index (χ1v) is 9.75.